The number of anilines is 1. The second-order valence-corrected chi connectivity index (χ2v) is 6.20. The summed E-state index contributed by atoms with van der Waals surface area (Å²) in [6.45, 7) is 7.08. The van der Waals surface area contributed by atoms with Gasteiger partial charge in [-0.25, -0.2) is 0 Å². The van der Waals surface area contributed by atoms with Gasteiger partial charge in [0.15, 0.2) is 0 Å². The van der Waals surface area contributed by atoms with Crippen LogP contribution in [-0.4, -0.2) is 17.6 Å². The van der Waals surface area contributed by atoms with E-state index < -0.39 is 0 Å². The molecule has 0 bridgehead atoms. The molecule has 1 aromatic carbocycles. The maximum Gasteiger partial charge on any atom is 0.0948 e. The third kappa shape index (κ3) is 2.99. The minimum absolute atomic E-state index is 0.0789. The normalized spacial score (nSPS) is 13.5. The number of benzene rings is 1. The van der Waals surface area contributed by atoms with Crippen LogP contribution in [0.5, 0.6) is 0 Å². The Bertz CT molecular complexity index is 575. The number of aromatic nitrogens is 1. The molecule has 19 heavy (non-hydrogen) atoms. The van der Waals surface area contributed by atoms with E-state index in [1.165, 1.54) is 0 Å². The summed E-state index contributed by atoms with van der Waals surface area (Å²) in [5.74, 6) is 0. The lowest BCUT2D eigenvalue weighted by Crippen LogP contribution is -2.40. The van der Waals surface area contributed by atoms with Crippen LogP contribution in [0.25, 0.3) is 10.9 Å². The molecule has 0 saturated carbocycles. The van der Waals surface area contributed by atoms with Crippen LogP contribution in [0.3, 0.4) is 0 Å². The van der Waals surface area contributed by atoms with Crippen LogP contribution in [0, 0.1) is 5.41 Å². The molecular weight excluding hydrogens is 258 g/mol. The van der Waals surface area contributed by atoms with E-state index >= 15 is 0 Å². The molecule has 2 rings (SSSR count). The number of nitrogens with one attached hydrogen (secondary N) is 1. The summed E-state index contributed by atoms with van der Waals surface area (Å²) in [6.07, 6.45) is 1.78. The number of hydrogen-bond acceptors (Lipinski definition) is 3. The van der Waals surface area contributed by atoms with Crippen LogP contribution in [0.2, 0.25) is 5.02 Å². The predicted octanol–water partition coefficient (Wildman–Crippen LogP) is 3.67. The molecule has 1 heterocycles. The van der Waals surface area contributed by atoms with Crippen molar-refractivity contribution in [1.82, 2.24) is 4.98 Å². The molecule has 0 fully saturated rings. The second kappa shape index (κ2) is 5.35. The van der Waals surface area contributed by atoms with E-state index in [9.17, 15) is 0 Å². The summed E-state index contributed by atoms with van der Waals surface area (Å²) in [7, 11) is 0. The van der Waals surface area contributed by atoms with Gasteiger partial charge in [0.1, 0.15) is 0 Å². The Morgan fingerprint density at radius 2 is 2.05 bits per heavy atom. The number of nitrogens with two attached hydrogens (primary N) is 1. The summed E-state index contributed by atoms with van der Waals surface area (Å²) in [5, 5.41) is 5.17. The molecule has 4 heteroatoms. The van der Waals surface area contributed by atoms with Crippen molar-refractivity contribution in [3.05, 3.63) is 35.5 Å². The van der Waals surface area contributed by atoms with Gasteiger partial charge in [0, 0.05) is 24.2 Å². The molecule has 3 N–H and O–H groups in total. The van der Waals surface area contributed by atoms with E-state index in [1.54, 1.807) is 6.20 Å². The summed E-state index contributed by atoms with van der Waals surface area (Å²) in [4.78, 5) is 4.42. The van der Waals surface area contributed by atoms with Crippen molar-refractivity contribution in [3.63, 3.8) is 0 Å². The summed E-state index contributed by atoms with van der Waals surface area (Å²) in [5.41, 5.74) is 7.81. The maximum atomic E-state index is 6.20. The minimum Gasteiger partial charge on any atom is -0.379 e. The number of halogens is 1. The lowest BCUT2D eigenvalue weighted by molar-refractivity contribution is 0.346. The lowest BCUT2D eigenvalue weighted by atomic mass is 9.86. The Kier molecular flexibility index (Phi) is 3.97. The molecule has 1 atom stereocenters. The molecule has 1 unspecified atom stereocenters. The summed E-state index contributed by atoms with van der Waals surface area (Å²) < 4.78 is 0. The SMILES string of the molecule is CC(C)(C)C(CN)Nc1ccc(Cl)c2cccnc12. The van der Waals surface area contributed by atoms with Crippen molar-refractivity contribution in [1.29, 1.82) is 0 Å². The van der Waals surface area contributed by atoms with E-state index in [2.05, 4.69) is 31.1 Å². The van der Waals surface area contributed by atoms with Crippen molar-refractivity contribution >= 4 is 28.2 Å². The van der Waals surface area contributed by atoms with Crippen LogP contribution in [0.1, 0.15) is 20.8 Å². The smallest absolute Gasteiger partial charge is 0.0948 e. The van der Waals surface area contributed by atoms with Gasteiger partial charge in [0.25, 0.3) is 0 Å². The Morgan fingerprint density at radius 1 is 1.32 bits per heavy atom. The fraction of sp³-hybridized carbons (Fsp3) is 0.400. The highest BCUT2D eigenvalue weighted by atomic mass is 35.5. The summed E-state index contributed by atoms with van der Waals surface area (Å²) >= 11 is 6.20. The third-order valence-corrected chi connectivity index (χ3v) is 3.66. The monoisotopic (exact) mass is 277 g/mol. The number of rotatable bonds is 3. The van der Waals surface area contributed by atoms with Gasteiger partial charge in [-0.05, 0) is 29.7 Å². The van der Waals surface area contributed by atoms with Crippen molar-refractivity contribution in [2.24, 2.45) is 11.1 Å². The van der Waals surface area contributed by atoms with Crippen LogP contribution >= 0.6 is 11.6 Å². The third-order valence-electron chi connectivity index (χ3n) is 3.33. The molecule has 0 aliphatic heterocycles. The van der Waals surface area contributed by atoms with Crippen molar-refractivity contribution in [2.75, 3.05) is 11.9 Å². The van der Waals surface area contributed by atoms with Gasteiger partial charge in [-0.15, -0.1) is 0 Å². The molecule has 0 spiro atoms. The molecule has 102 valence electrons. The van der Waals surface area contributed by atoms with E-state index in [0.29, 0.717) is 11.6 Å². The number of nitrogens with zero attached hydrogens (tertiary/aromatic N) is 1. The average Bonchev–Trinajstić information content (AvgIpc) is 2.37. The zero-order chi connectivity index (χ0) is 14.0. The molecule has 0 aliphatic carbocycles. The van der Waals surface area contributed by atoms with Crippen LogP contribution in [0.4, 0.5) is 5.69 Å². The molecule has 0 amide bonds. The number of pyridine rings is 1. The Labute approximate surface area is 119 Å². The molecule has 0 radical (unpaired) electrons. The fourth-order valence-corrected chi connectivity index (χ4v) is 2.29. The highest BCUT2D eigenvalue weighted by Gasteiger charge is 2.23. The first-order valence-electron chi connectivity index (χ1n) is 6.43. The first-order valence-corrected chi connectivity index (χ1v) is 6.81. The molecule has 0 saturated heterocycles. The molecular formula is C15H20ClN3. The fourth-order valence-electron chi connectivity index (χ4n) is 2.07. The Hall–Kier alpha value is -1.32. The van der Waals surface area contributed by atoms with Gasteiger partial charge in [-0.3, -0.25) is 4.98 Å². The van der Waals surface area contributed by atoms with Crippen LogP contribution in [0.15, 0.2) is 30.5 Å². The highest BCUT2D eigenvalue weighted by molar-refractivity contribution is 6.35. The van der Waals surface area contributed by atoms with Crippen molar-refractivity contribution in [3.8, 4) is 0 Å². The number of fused-ring (bicyclic) bond motifs is 1. The maximum absolute atomic E-state index is 6.20. The van der Waals surface area contributed by atoms with E-state index in [-0.39, 0.29) is 11.5 Å². The van der Waals surface area contributed by atoms with Gasteiger partial charge < -0.3 is 11.1 Å². The molecule has 0 aliphatic rings. The van der Waals surface area contributed by atoms with Crippen molar-refractivity contribution in [2.45, 2.75) is 26.8 Å². The van der Waals surface area contributed by atoms with E-state index in [1.807, 2.05) is 24.3 Å². The zero-order valence-electron chi connectivity index (χ0n) is 11.6. The van der Waals surface area contributed by atoms with Gasteiger partial charge in [0.05, 0.1) is 16.2 Å². The average molecular weight is 278 g/mol. The van der Waals surface area contributed by atoms with Crippen LogP contribution < -0.4 is 11.1 Å². The number of hydrogen-bond donors (Lipinski definition) is 2. The van der Waals surface area contributed by atoms with Crippen LogP contribution in [-0.2, 0) is 0 Å². The van der Waals surface area contributed by atoms with E-state index in [0.717, 1.165) is 16.6 Å². The van der Waals surface area contributed by atoms with Gasteiger partial charge >= 0.3 is 0 Å². The lowest BCUT2D eigenvalue weighted by Gasteiger charge is -2.31. The van der Waals surface area contributed by atoms with Gasteiger partial charge in [0.2, 0.25) is 0 Å². The van der Waals surface area contributed by atoms with Gasteiger partial charge in [-0.2, -0.15) is 0 Å². The topological polar surface area (TPSA) is 50.9 Å². The van der Waals surface area contributed by atoms with Crippen molar-refractivity contribution < 1.29 is 0 Å². The molecule has 2 aromatic rings. The summed E-state index contributed by atoms with van der Waals surface area (Å²) in [6, 6.07) is 7.90. The molecule has 3 nitrogen and oxygen atoms in total. The first-order chi connectivity index (χ1) is 8.93. The standard InChI is InChI=1S/C15H20ClN3/c1-15(2,3)13(9-17)19-12-7-6-11(16)10-5-4-8-18-14(10)12/h4-8,13,19H,9,17H2,1-3H3. The Morgan fingerprint density at radius 3 is 2.68 bits per heavy atom. The first kappa shape index (κ1) is 14.1. The highest BCUT2D eigenvalue weighted by Crippen LogP contribution is 2.30. The van der Waals surface area contributed by atoms with E-state index in [4.69, 9.17) is 17.3 Å². The predicted molar refractivity (Wildman–Crippen MR) is 82.7 cm³/mol. The Balaban J connectivity index is 2.44. The largest absolute Gasteiger partial charge is 0.379 e. The minimum atomic E-state index is 0.0789. The molecule has 1 aromatic heterocycles. The zero-order valence-corrected chi connectivity index (χ0v) is 12.3. The quantitative estimate of drug-likeness (QED) is 0.900. The van der Waals surface area contributed by atoms with Gasteiger partial charge in [-0.1, -0.05) is 32.4 Å². The second-order valence-electron chi connectivity index (χ2n) is 5.79.